The maximum atomic E-state index is 4.83. The number of nitrogens with zero attached hydrogens (tertiary/aromatic N) is 1. The molecule has 7 aromatic rings. The molecule has 0 saturated carbocycles. The zero-order chi connectivity index (χ0) is 25.3. The molecular weight excluding hydrogens is 458 g/mol. The van der Waals surface area contributed by atoms with Gasteiger partial charge in [-0.05, 0) is 61.8 Å². The summed E-state index contributed by atoms with van der Waals surface area (Å²) in [6.07, 6.45) is 1.98. The van der Waals surface area contributed by atoms with Crippen LogP contribution in [0, 0.1) is 0 Å². The third-order valence-corrected chi connectivity index (χ3v) is 7.33. The van der Waals surface area contributed by atoms with Gasteiger partial charge in [-0.3, -0.25) is 4.98 Å². The van der Waals surface area contributed by atoms with Crippen LogP contribution >= 0.6 is 0 Å². The van der Waals surface area contributed by atoms with Crippen LogP contribution in [0.1, 0.15) is 0 Å². The van der Waals surface area contributed by atoms with Gasteiger partial charge in [0.15, 0.2) is 0 Å². The average molecular weight is 484 g/mol. The van der Waals surface area contributed by atoms with Gasteiger partial charge in [0.05, 0.1) is 5.52 Å². The van der Waals surface area contributed by atoms with Gasteiger partial charge in [-0.25, -0.2) is 0 Å². The van der Waals surface area contributed by atoms with Gasteiger partial charge in [-0.1, -0.05) is 133 Å². The van der Waals surface area contributed by atoms with E-state index in [0.717, 1.165) is 16.5 Å². The number of pyridine rings is 1. The summed E-state index contributed by atoms with van der Waals surface area (Å²) < 4.78 is 0. The number of fused-ring (bicyclic) bond motifs is 2. The maximum absolute atomic E-state index is 4.83. The molecule has 0 fully saturated rings. The lowest BCUT2D eigenvalue weighted by Gasteiger charge is -2.09. The van der Waals surface area contributed by atoms with E-state index in [1.165, 1.54) is 49.7 Å². The Bertz CT molecular complexity index is 1880. The van der Waals surface area contributed by atoms with Crippen molar-refractivity contribution in [1.82, 2.24) is 4.98 Å². The molecule has 0 aliphatic heterocycles. The molecule has 0 saturated heterocycles. The standard InChI is InChI=1S/C37H25N/c1-2-7-26(8-3-1)27-13-15-28(16-14-27)32-21-22-33-23-34(25-38-37(33)24-32)29-17-19-31(20-18-29)36-12-6-10-30-9-4-5-11-35(30)36/h1-25H. The van der Waals surface area contributed by atoms with Crippen LogP contribution in [0.3, 0.4) is 0 Å². The summed E-state index contributed by atoms with van der Waals surface area (Å²) in [5.74, 6) is 0. The quantitative estimate of drug-likeness (QED) is 0.243. The van der Waals surface area contributed by atoms with Crippen molar-refractivity contribution in [2.75, 3.05) is 0 Å². The van der Waals surface area contributed by atoms with Crippen LogP contribution in [0.15, 0.2) is 152 Å². The van der Waals surface area contributed by atoms with Crippen LogP contribution in [0.4, 0.5) is 0 Å². The summed E-state index contributed by atoms with van der Waals surface area (Å²) in [6.45, 7) is 0. The van der Waals surface area contributed by atoms with Gasteiger partial charge in [-0.15, -0.1) is 0 Å². The third-order valence-electron chi connectivity index (χ3n) is 7.33. The molecule has 7 rings (SSSR count). The molecule has 38 heavy (non-hydrogen) atoms. The van der Waals surface area contributed by atoms with E-state index < -0.39 is 0 Å². The van der Waals surface area contributed by atoms with E-state index >= 15 is 0 Å². The highest BCUT2D eigenvalue weighted by molar-refractivity contribution is 5.97. The topological polar surface area (TPSA) is 12.9 Å². The van der Waals surface area contributed by atoms with Crippen LogP contribution in [-0.2, 0) is 0 Å². The Morgan fingerprint density at radius 2 is 0.921 bits per heavy atom. The molecule has 1 heterocycles. The van der Waals surface area contributed by atoms with Crippen LogP contribution in [0.2, 0.25) is 0 Å². The van der Waals surface area contributed by atoms with Crippen molar-refractivity contribution in [2.45, 2.75) is 0 Å². The summed E-state index contributed by atoms with van der Waals surface area (Å²) in [5.41, 5.74) is 10.6. The maximum Gasteiger partial charge on any atom is 0.0708 e. The lowest BCUT2D eigenvalue weighted by molar-refractivity contribution is 1.41. The molecule has 1 aromatic heterocycles. The van der Waals surface area contributed by atoms with Crippen molar-refractivity contribution in [1.29, 1.82) is 0 Å². The Kier molecular flexibility index (Phi) is 5.53. The van der Waals surface area contributed by atoms with E-state index in [9.17, 15) is 0 Å². The molecule has 178 valence electrons. The van der Waals surface area contributed by atoms with Crippen molar-refractivity contribution >= 4 is 21.7 Å². The number of aromatic nitrogens is 1. The third kappa shape index (κ3) is 4.15. The van der Waals surface area contributed by atoms with E-state index in [1.807, 2.05) is 12.3 Å². The SMILES string of the molecule is c1ccc(-c2ccc(-c3ccc4cc(-c5ccc(-c6cccc7ccccc67)cc5)cnc4c3)cc2)cc1. The van der Waals surface area contributed by atoms with Gasteiger partial charge in [0.25, 0.3) is 0 Å². The number of hydrogen-bond donors (Lipinski definition) is 0. The van der Waals surface area contributed by atoms with E-state index in [-0.39, 0.29) is 0 Å². The second-order valence-electron chi connectivity index (χ2n) is 9.68. The van der Waals surface area contributed by atoms with Crippen LogP contribution < -0.4 is 0 Å². The molecule has 0 amide bonds. The van der Waals surface area contributed by atoms with Crippen LogP contribution in [0.5, 0.6) is 0 Å². The molecule has 0 atom stereocenters. The summed E-state index contributed by atoms with van der Waals surface area (Å²) in [7, 11) is 0. The fourth-order valence-corrected chi connectivity index (χ4v) is 5.26. The van der Waals surface area contributed by atoms with Crippen molar-refractivity contribution in [3.05, 3.63) is 152 Å². The van der Waals surface area contributed by atoms with Crippen molar-refractivity contribution in [3.63, 3.8) is 0 Å². The van der Waals surface area contributed by atoms with Gasteiger partial charge in [0.1, 0.15) is 0 Å². The molecule has 0 N–H and O–H groups in total. The molecule has 0 aliphatic rings. The number of rotatable bonds is 4. The van der Waals surface area contributed by atoms with Crippen molar-refractivity contribution < 1.29 is 0 Å². The molecule has 1 nitrogen and oxygen atoms in total. The Hall–Kier alpha value is -5.01. The van der Waals surface area contributed by atoms with E-state index in [0.29, 0.717) is 0 Å². The molecule has 0 radical (unpaired) electrons. The number of benzene rings is 6. The Labute approximate surface area is 222 Å². The first-order valence-electron chi connectivity index (χ1n) is 13.0. The summed E-state index contributed by atoms with van der Waals surface area (Å²) in [5, 5.41) is 3.69. The highest BCUT2D eigenvalue weighted by Crippen LogP contribution is 2.32. The summed E-state index contributed by atoms with van der Waals surface area (Å²) >= 11 is 0. The minimum absolute atomic E-state index is 1.01. The lowest BCUT2D eigenvalue weighted by Crippen LogP contribution is -1.86. The first-order valence-corrected chi connectivity index (χ1v) is 13.0. The second-order valence-corrected chi connectivity index (χ2v) is 9.68. The highest BCUT2D eigenvalue weighted by Gasteiger charge is 2.07. The Balaban J connectivity index is 1.16. The van der Waals surface area contributed by atoms with Gasteiger partial charge in [0.2, 0.25) is 0 Å². The zero-order valence-corrected chi connectivity index (χ0v) is 20.9. The van der Waals surface area contributed by atoms with Crippen LogP contribution in [-0.4, -0.2) is 4.98 Å². The Morgan fingerprint density at radius 1 is 0.342 bits per heavy atom. The smallest absolute Gasteiger partial charge is 0.0708 e. The van der Waals surface area contributed by atoms with Gasteiger partial charge in [0, 0.05) is 17.1 Å². The summed E-state index contributed by atoms with van der Waals surface area (Å²) in [6, 6.07) is 51.9. The number of hydrogen-bond acceptors (Lipinski definition) is 1. The molecule has 0 unspecified atom stereocenters. The summed E-state index contributed by atoms with van der Waals surface area (Å²) in [4.78, 5) is 4.83. The first kappa shape index (κ1) is 22.2. The minimum Gasteiger partial charge on any atom is -0.256 e. The fourth-order valence-electron chi connectivity index (χ4n) is 5.26. The molecule has 0 bridgehead atoms. The highest BCUT2D eigenvalue weighted by atomic mass is 14.6. The minimum atomic E-state index is 1.01. The molecular formula is C37H25N. The molecule has 0 spiro atoms. The van der Waals surface area contributed by atoms with Crippen molar-refractivity contribution in [3.8, 4) is 44.5 Å². The first-order chi connectivity index (χ1) is 18.8. The average Bonchev–Trinajstić information content (AvgIpc) is 3.01. The van der Waals surface area contributed by atoms with Gasteiger partial charge in [-0.2, -0.15) is 0 Å². The largest absolute Gasteiger partial charge is 0.256 e. The second kappa shape index (κ2) is 9.46. The normalized spacial score (nSPS) is 11.2. The molecule has 0 aliphatic carbocycles. The Morgan fingerprint density at radius 3 is 1.71 bits per heavy atom. The lowest BCUT2D eigenvalue weighted by atomic mass is 9.96. The van der Waals surface area contributed by atoms with E-state index in [2.05, 4.69) is 140 Å². The predicted octanol–water partition coefficient (Wildman–Crippen LogP) is 10.1. The van der Waals surface area contributed by atoms with E-state index in [4.69, 9.17) is 4.98 Å². The van der Waals surface area contributed by atoms with Gasteiger partial charge < -0.3 is 0 Å². The van der Waals surface area contributed by atoms with E-state index in [1.54, 1.807) is 0 Å². The molecule has 6 aromatic carbocycles. The van der Waals surface area contributed by atoms with Gasteiger partial charge >= 0.3 is 0 Å². The van der Waals surface area contributed by atoms with Crippen LogP contribution in [0.25, 0.3) is 66.2 Å². The van der Waals surface area contributed by atoms with Crippen molar-refractivity contribution in [2.24, 2.45) is 0 Å². The molecule has 1 heteroatoms. The monoisotopic (exact) mass is 483 g/mol. The fraction of sp³-hybridized carbons (Fsp3) is 0. The predicted molar refractivity (Wildman–Crippen MR) is 161 cm³/mol. The zero-order valence-electron chi connectivity index (χ0n) is 20.9.